The van der Waals surface area contributed by atoms with E-state index in [1.807, 2.05) is 0 Å². The van der Waals surface area contributed by atoms with Gasteiger partial charge in [0.05, 0.1) is 5.56 Å². The highest BCUT2D eigenvalue weighted by Gasteiger charge is 2.28. The lowest BCUT2D eigenvalue weighted by atomic mass is 10.1. The Kier molecular flexibility index (Phi) is 5.75. The summed E-state index contributed by atoms with van der Waals surface area (Å²) in [6.07, 6.45) is 1.59. The highest BCUT2D eigenvalue weighted by Crippen LogP contribution is 2.36. The molecule has 0 N–H and O–H groups in total. The van der Waals surface area contributed by atoms with Crippen LogP contribution in [0.4, 0.5) is 0 Å². The fourth-order valence-corrected chi connectivity index (χ4v) is 3.81. The summed E-state index contributed by atoms with van der Waals surface area (Å²) in [4.78, 5) is 12.6. The number of allylic oxidation sites excluding steroid dienone is 1. The second-order valence-corrected chi connectivity index (χ2v) is 7.91. The number of hydrogen-bond acceptors (Lipinski definition) is 3. The van der Waals surface area contributed by atoms with Gasteiger partial charge in [0, 0.05) is 31.7 Å². The van der Waals surface area contributed by atoms with Crippen LogP contribution < -0.4 is 9.47 Å². The molecule has 29 heavy (non-hydrogen) atoms. The molecule has 1 aliphatic rings. The number of halogens is 4. The molecular weight excluding hydrogens is 454 g/mol. The number of carbonyl (C=O) groups is 1. The molecule has 0 saturated carbocycles. The van der Waals surface area contributed by atoms with Gasteiger partial charge in [-0.1, -0.05) is 58.5 Å². The first-order valence-electron chi connectivity index (χ1n) is 8.51. The fourth-order valence-electron chi connectivity index (χ4n) is 2.84. The van der Waals surface area contributed by atoms with Crippen LogP contribution in [0.2, 0.25) is 20.1 Å². The SMILES string of the molecule is O=C1C(=Cc2ccc(Cl)cc2Cl)Oc2cc(OCc3c(Cl)cccc3Cl)ccc21. The summed E-state index contributed by atoms with van der Waals surface area (Å²) in [7, 11) is 0. The molecule has 0 amide bonds. The van der Waals surface area contributed by atoms with Gasteiger partial charge in [-0.2, -0.15) is 0 Å². The van der Waals surface area contributed by atoms with Crippen LogP contribution in [0.3, 0.4) is 0 Å². The topological polar surface area (TPSA) is 35.5 Å². The standard InChI is InChI=1S/C22H12Cl4O3/c23-13-5-4-12(19(26)9-13)8-21-22(27)15-7-6-14(10-20(15)29-21)28-11-16-17(24)2-1-3-18(16)25/h1-10H,11H2. The Morgan fingerprint density at radius 2 is 1.66 bits per heavy atom. The third-order valence-electron chi connectivity index (χ3n) is 4.34. The van der Waals surface area contributed by atoms with Crippen LogP contribution >= 0.6 is 46.4 Å². The van der Waals surface area contributed by atoms with Gasteiger partial charge in [0.2, 0.25) is 5.78 Å². The summed E-state index contributed by atoms with van der Waals surface area (Å²) in [5.74, 6) is 0.884. The van der Waals surface area contributed by atoms with E-state index in [1.165, 1.54) is 0 Å². The third-order valence-corrected chi connectivity index (χ3v) is 5.61. The van der Waals surface area contributed by atoms with Crippen LogP contribution in [0.5, 0.6) is 11.5 Å². The van der Waals surface area contributed by atoms with Crippen LogP contribution in [0.25, 0.3) is 6.08 Å². The van der Waals surface area contributed by atoms with Gasteiger partial charge in [-0.15, -0.1) is 0 Å². The van der Waals surface area contributed by atoms with E-state index in [1.54, 1.807) is 60.7 Å². The largest absolute Gasteiger partial charge is 0.489 e. The molecule has 0 fully saturated rings. The Labute approximate surface area is 187 Å². The molecule has 7 heteroatoms. The van der Waals surface area contributed by atoms with Gasteiger partial charge in [-0.25, -0.2) is 0 Å². The highest BCUT2D eigenvalue weighted by atomic mass is 35.5. The predicted octanol–water partition coefficient (Wildman–Crippen LogP) is 7.50. The van der Waals surface area contributed by atoms with Crippen molar-refractivity contribution in [3.63, 3.8) is 0 Å². The zero-order valence-electron chi connectivity index (χ0n) is 14.7. The molecule has 0 unspecified atom stereocenters. The van der Waals surface area contributed by atoms with Crippen molar-refractivity contribution in [3.8, 4) is 11.5 Å². The highest BCUT2D eigenvalue weighted by molar-refractivity contribution is 6.36. The Morgan fingerprint density at radius 1 is 0.897 bits per heavy atom. The fraction of sp³-hybridized carbons (Fsp3) is 0.0455. The second kappa shape index (κ2) is 8.29. The molecular formula is C22H12Cl4O3. The van der Waals surface area contributed by atoms with E-state index in [-0.39, 0.29) is 18.1 Å². The molecule has 0 saturated heterocycles. The quantitative estimate of drug-likeness (QED) is 0.374. The average Bonchev–Trinajstić information content (AvgIpc) is 2.99. The lowest BCUT2D eigenvalue weighted by Crippen LogP contribution is -1.98. The van der Waals surface area contributed by atoms with Crippen molar-refractivity contribution in [2.45, 2.75) is 6.61 Å². The maximum Gasteiger partial charge on any atom is 0.231 e. The monoisotopic (exact) mass is 464 g/mol. The molecule has 0 aromatic heterocycles. The minimum absolute atomic E-state index is 0.176. The zero-order valence-corrected chi connectivity index (χ0v) is 17.7. The van der Waals surface area contributed by atoms with Crippen LogP contribution in [0.1, 0.15) is 21.5 Å². The van der Waals surface area contributed by atoms with E-state index in [9.17, 15) is 4.79 Å². The maximum absolute atomic E-state index is 12.6. The first-order valence-corrected chi connectivity index (χ1v) is 10.0. The zero-order chi connectivity index (χ0) is 20.5. The molecule has 1 aliphatic heterocycles. The number of ether oxygens (including phenoxy) is 2. The van der Waals surface area contributed by atoms with Gasteiger partial charge < -0.3 is 9.47 Å². The molecule has 1 heterocycles. The average molecular weight is 466 g/mol. The molecule has 0 atom stereocenters. The molecule has 0 bridgehead atoms. The second-order valence-electron chi connectivity index (χ2n) is 6.25. The van der Waals surface area contributed by atoms with Gasteiger partial charge >= 0.3 is 0 Å². The summed E-state index contributed by atoms with van der Waals surface area (Å²) >= 11 is 24.4. The number of fused-ring (bicyclic) bond motifs is 1. The van der Waals surface area contributed by atoms with Crippen molar-refractivity contribution < 1.29 is 14.3 Å². The lowest BCUT2D eigenvalue weighted by Gasteiger charge is -2.10. The summed E-state index contributed by atoms with van der Waals surface area (Å²) in [5.41, 5.74) is 1.77. The van der Waals surface area contributed by atoms with Crippen molar-refractivity contribution in [1.82, 2.24) is 0 Å². The summed E-state index contributed by atoms with van der Waals surface area (Å²) in [5, 5.41) is 1.99. The van der Waals surface area contributed by atoms with E-state index in [0.717, 1.165) is 0 Å². The number of carbonyl (C=O) groups excluding carboxylic acids is 1. The van der Waals surface area contributed by atoms with Crippen molar-refractivity contribution in [2.24, 2.45) is 0 Å². The van der Waals surface area contributed by atoms with Gasteiger partial charge in [0.15, 0.2) is 5.76 Å². The normalized spacial score (nSPS) is 14.1. The molecule has 4 rings (SSSR count). The van der Waals surface area contributed by atoms with Gasteiger partial charge in [-0.05, 0) is 48.0 Å². The molecule has 3 aromatic carbocycles. The Hall–Kier alpha value is -2.17. The predicted molar refractivity (Wildman–Crippen MR) is 117 cm³/mol. The number of rotatable bonds is 4. The van der Waals surface area contributed by atoms with E-state index >= 15 is 0 Å². The summed E-state index contributed by atoms with van der Waals surface area (Å²) < 4.78 is 11.5. The Morgan fingerprint density at radius 3 is 2.38 bits per heavy atom. The summed E-state index contributed by atoms with van der Waals surface area (Å²) in [6, 6.07) is 15.3. The van der Waals surface area contributed by atoms with Crippen molar-refractivity contribution in [3.05, 3.63) is 97.1 Å². The van der Waals surface area contributed by atoms with Gasteiger partial charge in [-0.3, -0.25) is 4.79 Å². The summed E-state index contributed by atoms with van der Waals surface area (Å²) in [6.45, 7) is 0.189. The molecule has 0 aliphatic carbocycles. The first-order chi connectivity index (χ1) is 13.9. The third kappa shape index (κ3) is 4.24. The maximum atomic E-state index is 12.6. The van der Waals surface area contributed by atoms with Crippen molar-refractivity contribution in [2.75, 3.05) is 0 Å². The van der Waals surface area contributed by atoms with E-state index in [4.69, 9.17) is 55.9 Å². The van der Waals surface area contributed by atoms with E-state index in [0.29, 0.717) is 48.3 Å². The molecule has 0 spiro atoms. The number of hydrogen-bond donors (Lipinski definition) is 0. The van der Waals surface area contributed by atoms with Gasteiger partial charge in [0.25, 0.3) is 0 Å². The van der Waals surface area contributed by atoms with Crippen LogP contribution in [-0.4, -0.2) is 5.78 Å². The molecule has 3 aromatic rings. The van der Waals surface area contributed by atoms with E-state index in [2.05, 4.69) is 0 Å². The number of Topliss-reactive ketones (excluding diaryl/α,β-unsaturated/α-hetero) is 1. The number of ketones is 1. The Balaban J connectivity index is 1.55. The van der Waals surface area contributed by atoms with Crippen LogP contribution in [0.15, 0.2) is 60.4 Å². The van der Waals surface area contributed by atoms with Crippen LogP contribution in [-0.2, 0) is 6.61 Å². The lowest BCUT2D eigenvalue weighted by molar-refractivity contribution is 0.101. The number of benzene rings is 3. The van der Waals surface area contributed by atoms with Crippen molar-refractivity contribution >= 4 is 58.3 Å². The first kappa shape index (κ1) is 20.1. The minimum Gasteiger partial charge on any atom is -0.489 e. The van der Waals surface area contributed by atoms with Crippen molar-refractivity contribution in [1.29, 1.82) is 0 Å². The molecule has 146 valence electrons. The van der Waals surface area contributed by atoms with E-state index < -0.39 is 0 Å². The van der Waals surface area contributed by atoms with Gasteiger partial charge in [0.1, 0.15) is 18.1 Å². The van der Waals surface area contributed by atoms with Crippen LogP contribution in [0, 0.1) is 0 Å². The smallest absolute Gasteiger partial charge is 0.231 e. The minimum atomic E-state index is -0.230. The molecule has 3 nitrogen and oxygen atoms in total. The Bertz CT molecular complexity index is 1130. The molecule has 0 radical (unpaired) electrons.